The first kappa shape index (κ1) is 27.4. The highest BCUT2D eigenvalue weighted by Crippen LogP contribution is 2.30. The Balaban J connectivity index is 1.83. The molecule has 0 aliphatic carbocycles. The molecule has 0 aliphatic rings. The molecule has 0 fully saturated rings. The summed E-state index contributed by atoms with van der Waals surface area (Å²) in [5, 5.41) is 13.8. The van der Waals surface area contributed by atoms with Crippen molar-refractivity contribution in [2.45, 2.75) is 65.0 Å². The first-order valence-electron chi connectivity index (χ1n) is 12.6. The Morgan fingerprint density at radius 3 is 2.18 bits per heavy atom. The van der Waals surface area contributed by atoms with Gasteiger partial charge >= 0.3 is 6.18 Å². The molecule has 2 heterocycles. The number of nitrogens with one attached hydrogen (secondary N) is 1. The lowest BCUT2D eigenvalue weighted by molar-refractivity contribution is -0.215. The quantitative estimate of drug-likeness (QED) is 0.331. The summed E-state index contributed by atoms with van der Waals surface area (Å²) in [5.41, 5.74) is 2.48. The monoisotopic (exact) mass is 527 g/mol. The van der Waals surface area contributed by atoms with Crippen molar-refractivity contribution in [3.63, 3.8) is 0 Å². The lowest BCUT2D eigenvalue weighted by Crippen LogP contribution is -2.53. The molecule has 0 radical (unpaired) electrons. The highest BCUT2D eigenvalue weighted by Gasteiger charge is 2.45. The standard InChI is InChI=1S/C29H32F3N3O3/c1-17(2)23-14-21-20-12-8-9-13-22(20)34(15-19-10-6-5-7-11-19)26(21)28(38)35(23)16-24(36)33-25(18(3)4)27(37)29(30,31)32/h5-14,17-18,25,27,37H,15-16H2,1-4H3,(H,33,36). The van der Waals surface area contributed by atoms with Crippen molar-refractivity contribution in [2.24, 2.45) is 5.92 Å². The van der Waals surface area contributed by atoms with Crippen LogP contribution in [0.1, 0.15) is 44.9 Å². The predicted octanol–water partition coefficient (Wildman–Crippen LogP) is 5.19. The van der Waals surface area contributed by atoms with E-state index >= 15 is 0 Å². The number of halogens is 3. The number of aliphatic hydroxyl groups is 1. The van der Waals surface area contributed by atoms with Crippen LogP contribution in [0.2, 0.25) is 0 Å². The molecule has 9 heteroatoms. The van der Waals surface area contributed by atoms with Gasteiger partial charge in [0.2, 0.25) is 5.91 Å². The minimum Gasteiger partial charge on any atom is -0.382 e. The fourth-order valence-corrected chi connectivity index (χ4v) is 4.94. The summed E-state index contributed by atoms with van der Waals surface area (Å²) in [6.45, 7) is 6.72. The van der Waals surface area contributed by atoms with Gasteiger partial charge in [0.15, 0.2) is 6.10 Å². The van der Waals surface area contributed by atoms with Gasteiger partial charge < -0.3 is 19.6 Å². The summed E-state index contributed by atoms with van der Waals surface area (Å²) in [6.07, 6.45) is -7.61. The number of para-hydroxylation sites is 1. The van der Waals surface area contributed by atoms with Crippen LogP contribution in [-0.2, 0) is 17.9 Å². The predicted molar refractivity (Wildman–Crippen MR) is 142 cm³/mol. The number of aromatic nitrogens is 2. The number of aliphatic hydroxyl groups excluding tert-OH is 1. The van der Waals surface area contributed by atoms with Crippen LogP contribution in [0.15, 0.2) is 65.5 Å². The number of rotatable bonds is 8. The summed E-state index contributed by atoms with van der Waals surface area (Å²) in [4.78, 5) is 27.0. The van der Waals surface area contributed by atoms with Gasteiger partial charge in [-0.1, -0.05) is 76.2 Å². The molecule has 2 unspecified atom stereocenters. The number of hydrogen-bond acceptors (Lipinski definition) is 3. The zero-order valence-electron chi connectivity index (χ0n) is 21.8. The van der Waals surface area contributed by atoms with Crippen LogP contribution in [0.25, 0.3) is 21.8 Å². The van der Waals surface area contributed by atoms with Crippen LogP contribution < -0.4 is 10.9 Å². The summed E-state index contributed by atoms with van der Waals surface area (Å²) in [6, 6.07) is 17.7. The molecule has 0 spiro atoms. The number of pyridine rings is 1. The van der Waals surface area contributed by atoms with Crippen LogP contribution >= 0.6 is 0 Å². The van der Waals surface area contributed by atoms with Crippen molar-refractivity contribution in [3.8, 4) is 0 Å². The molecule has 6 nitrogen and oxygen atoms in total. The largest absolute Gasteiger partial charge is 0.416 e. The normalized spacial score (nSPS) is 13.9. The summed E-state index contributed by atoms with van der Waals surface area (Å²) in [7, 11) is 0. The number of carbonyl (C=O) groups is 1. The van der Waals surface area contributed by atoms with E-state index in [0.29, 0.717) is 17.8 Å². The average molecular weight is 528 g/mol. The summed E-state index contributed by atoms with van der Waals surface area (Å²) in [5.74, 6) is -1.60. The fourth-order valence-electron chi connectivity index (χ4n) is 4.94. The average Bonchev–Trinajstić information content (AvgIpc) is 3.17. The Morgan fingerprint density at radius 2 is 1.58 bits per heavy atom. The Labute approximate surface area is 218 Å². The van der Waals surface area contributed by atoms with Crippen molar-refractivity contribution >= 4 is 27.7 Å². The van der Waals surface area contributed by atoms with Gasteiger partial charge in [0.05, 0.1) is 6.04 Å². The molecular weight excluding hydrogens is 495 g/mol. The summed E-state index contributed by atoms with van der Waals surface area (Å²) < 4.78 is 42.9. The Hall–Kier alpha value is -3.59. The number of carbonyl (C=O) groups excluding carboxylic acids is 1. The maximum atomic E-state index is 14.0. The molecule has 4 aromatic rings. The third-order valence-electron chi connectivity index (χ3n) is 6.86. The molecule has 1 amide bonds. The van der Waals surface area contributed by atoms with E-state index in [0.717, 1.165) is 21.9 Å². The topological polar surface area (TPSA) is 76.3 Å². The third kappa shape index (κ3) is 5.34. The Morgan fingerprint density at radius 1 is 0.947 bits per heavy atom. The Bertz CT molecular complexity index is 1500. The molecule has 0 saturated heterocycles. The number of alkyl halides is 3. The maximum Gasteiger partial charge on any atom is 0.416 e. The van der Waals surface area contributed by atoms with E-state index in [9.17, 15) is 27.9 Å². The number of benzene rings is 2. The molecule has 202 valence electrons. The molecule has 2 aromatic heterocycles. The van der Waals surface area contributed by atoms with Crippen LogP contribution in [0.4, 0.5) is 13.2 Å². The van der Waals surface area contributed by atoms with Crippen LogP contribution in [-0.4, -0.2) is 38.5 Å². The maximum absolute atomic E-state index is 14.0. The second-order valence-corrected chi connectivity index (χ2v) is 10.3. The van der Waals surface area contributed by atoms with E-state index < -0.39 is 42.3 Å². The van der Waals surface area contributed by atoms with Gasteiger partial charge in [0.25, 0.3) is 5.56 Å². The van der Waals surface area contributed by atoms with Crippen molar-refractivity contribution < 1.29 is 23.1 Å². The highest BCUT2D eigenvalue weighted by molar-refractivity contribution is 6.08. The zero-order valence-corrected chi connectivity index (χ0v) is 21.8. The smallest absolute Gasteiger partial charge is 0.382 e. The molecule has 0 aliphatic heterocycles. The number of hydrogen-bond donors (Lipinski definition) is 2. The first-order chi connectivity index (χ1) is 17.9. The second-order valence-electron chi connectivity index (χ2n) is 10.3. The number of amides is 1. The lowest BCUT2D eigenvalue weighted by atomic mass is 9.98. The molecule has 38 heavy (non-hydrogen) atoms. The van der Waals surface area contributed by atoms with Crippen molar-refractivity contribution in [3.05, 3.63) is 82.3 Å². The molecule has 0 bridgehead atoms. The van der Waals surface area contributed by atoms with E-state index in [1.165, 1.54) is 18.4 Å². The molecule has 2 N–H and O–H groups in total. The van der Waals surface area contributed by atoms with E-state index in [-0.39, 0.29) is 5.92 Å². The van der Waals surface area contributed by atoms with Gasteiger partial charge in [-0.15, -0.1) is 0 Å². The van der Waals surface area contributed by atoms with Gasteiger partial charge in [-0.05, 0) is 29.5 Å². The number of fused-ring (bicyclic) bond motifs is 3. The van der Waals surface area contributed by atoms with Crippen LogP contribution in [0.5, 0.6) is 0 Å². The van der Waals surface area contributed by atoms with Crippen molar-refractivity contribution in [1.29, 1.82) is 0 Å². The van der Waals surface area contributed by atoms with Gasteiger partial charge in [-0.25, -0.2) is 0 Å². The van der Waals surface area contributed by atoms with E-state index in [1.807, 2.05) is 79.1 Å². The van der Waals surface area contributed by atoms with E-state index in [1.54, 1.807) is 0 Å². The summed E-state index contributed by atoms with van der Waals surface area (Å²) >= 11 is 0. The van der Waals surface area contributed by atoms with Crippen molar-refractivity contribution in [2.75, 3.05) is 0 Å². The van der Waals surface area contributed by atoms with Gasteiger partial charge in [-0.3, -0.25) is 9.59 Å². The number of nitrogens with zero attached hydrogens (tertiary/aromatic N) is 2. The van der Waals surface area contributed by atoms with Crippen LogP contribution in [0, 0.1) is 5.92 Å². The molecule has 4 rings (SSSR count). The lowest BCUT2D eigenvalue weighted by Gasteiger charge is -2.29. The first-order valence-corrected chi connectivity index (χ1v) is 12.6. The zero-order chi connectivity index (χ0) is 27.8. The van der Waals surface area contributed by atoms with Gasteiger partial charge in [0, 0.05) is 28.5 Å². The molecule has 0 saturated carbocycles. The van der Waals surface area contributed by atoms with E-state index in [2.05, 4.69) is 5.32 Å². The fraction of sp³-hybridized carbons (Fsp3) is 0.379. The molecule has 2 aromatic carbocycles. The minimum absolute atomic E-state index is 0.141. The van der Waals surface area contributed by atoms with E-state index in [4.69, 9.17) is 0 Å². The molecular formula is C29H32F3N3O3. The van der Waals surface area contributed by atoms with Gasteiger partial charge in [-0.2, -0.15) is 13.2 Å². The minimum atomic E-state index is -4.89. The van der Waals surface area contributed by atoms with Crippen LogP contribution in [0.3, 0.4) is 0 Å². The van der Waals surface area contributed by atoms with Gasteiger partial charge in [0.1, 0.15) is 12.1 Å². The molecule has 2 atom stereocenters. The second kappa shape index (κ2) is 10.6. The highest BCUT2D eigenvalue weighted by atomic mass is 19.4. The third-order valence-corrected chi connectivity index (χ3v) is 6.86. The van der Waals surface area contributed by atoms with Crippen molar-refractivity contribution in [1.82, 2.24) is 14.5 Å². The SMILES string of the molecule is CC(C)c1cc2c3ccccc3n(Cc3ccccc3)c2c(=O)n1CC(=O)NC(C(C)C)C(O)C(F)(F)F. The Kier molecular flexibility index (Phi) is 7.69.